The van der Waals surface area contributed by atoms with E-state index < -0.39 is 9.84 Å². The fourth-order valence-corrected chi connectivity index (χ4v) is 4.26. The van der Waals surface area contributed by atoms with Crippen LogP contribution < -0.4 is 0 Å². The van der Waals surface area contributed by atoms with Gasteiger partial charge < -0.3 is 4.90 Å². The van der Waals surface area contributed by atoms with Crippen LogP contribution in [0.2, 0.25) is 0 Å². The molecule has 1 saturated heterocycles. The average Bonchev–Trinajstić information content (AvgIpc) is 2.90. The van der Waals surface area contributed by atoms with Gasteiger partial charge in [0.1, 0.15) is 9.84 Å². The first-order valence-corrected chi connectivity index (χ1v) is 11.9. The number of aryl methyl sites for hydroxylation is 1. The Morgan fingerprint density at radius 1 is 1.00 bits per heavy atom. The second-order valence-corrected chi connectivity index (χ2v) is 10.0. The summed E-state index contributed by atoms with van der Waals surface area (Å²) in [7, 11) is -2.99. The van der Waals surface area contributed by atoms with Crippen LogP contribution in [0.4, 0.5) is 0 Å². The van der Waals surface area contributed by atoms with Crippen molar-refractivity contribution in [2.24, 2.45) is 0 Å². The fourth-order valence-electron chi connectivity index (χ4n) is 3.67. The van der Waals surface area contributed by atoms with Crippen molar-refractivity contribution in [3.8, 4) is 0 Å². The second kappa shape index (κ2) is 8.62. The standard InChI is InChI=1S/C20H27N3O5S/c1-15-5-6-16-17(14-15)20(26)23(19(16)25)7-3-4-18(24)22-10-8-21(9-11-22)12-13-29(2,27)28/h5-6,14H,3-4,7-13H2,1-2H3. The Morgan fingerprint density at radius 2 is 1.66 bits per heavy atom. The summed E-state index contributed by atoms with van der Waals surface area (Å²) in [5.41, 5.74) is 1.79. The zero-order valence-corrected chi connectivity index (χ0v) is 17.7. The van der Waals surface area contributed by atoms with Crippen molar-refractivity contribution in [2.45, 2.75) is 19.8 Å². The van der Waals surface area contributed by atoms with Crippen molar-refractivity contribution in [2.75, 3.05) is 51.3 Å². The molecule has 0 saturated carbocycles. The summed E-state index contributed by atoms with van der Waals surface area (Å²) in [4.78, 5) is 42.4. The zero-order valence-electron chi connectivity index (χ0n) is 16.9. The molecule has 8 nitrogen and oxygen atoms in total. The molecule has 158 valence electrons. The van der Waals surface area contributed by atoms with E-state index in [2.05, 4.69) is 0 Å². The van der Waals surface area contributed by atoms with Crippen molar-refractivity contribution >= 4 is 27.6 Å². The third-order valence-corrected chi connectivity index (χ3v) is 6.33. The first-order valence-electron chi connectivity index (χ1n) is 9.80. The molecular weight excluding hydrogens is 394 g/mol. The molecule has 2 aliphatic heterocycles. The smallest absolute Gasteiger partial charge is 0.261 e. The number of nitrogens with zero attached hydrogens (tertiary/aromatic N) is 3. The zero-order chi connectivity index (χ0) is 21.2. The van der Waals surface area contributed by atoms with E-state index in [0.29, 0.717) is 50.3 Å². The van der Waals surface area contributed by atoms with Crippen molar-refractivity contribution in [1.82, 2.24) is 14.7 Å². The van der Waals surface area contributed by atoms with E-state index in [-0.39, 0.29) is 36.4 Å². The van der Waals surface area contributed by atoms with Gasteiger partial charge >= 0.3 is 0 Å². The molecule has 1 fully saturated rings. The van der Waals surface area contributed by atoms with Gasteiger partial charge in [-0.1, -0.05) is 11.6 Å². The molecule has 1 aromatic carbocycles. The first-order chi connectivity index (χ1) is 13.7. The highest BCUT2D eigenvalue weighted by molar-refractivity contribution is 7.90. The molecule has 1 aromatic rings. The van der Waals surface area contributed by atoms with E-state index in [4.69, 9.17) is 0 Å². The van der Waals surface area contributed by atoms with Gasteiger partial charge in [-0.05, 0) is 25.5 Å². The van der Waals surface area contributed by atoms with Gasteiger partial charge in [0.25, 0.3) is 11.8 Å². The number of hydrogen-bond donors (Lipinski definition) is 0. The third kappa shape index (κ3) is 5.22. The van der Waals surface area contributed by atoms with Gasteiger partial charge in [0.2, 0.25) is 5.91 Å². The van der Waals surface area contributed by atoms with Crippen molar-refractivity contribution in [3.05, 3.63) is 34.9 Å². The fraction of sp³-hybridized carbons (Fsp3) is 0.550. The molecule has 0 bridgehead atoms. The van der Waals surface area contributed by atoms with E-state index in [0.717, 1.165) is 5.56 Å². The molecular formula is C20H27N3O5S. The molecule has 0 unspecified atom stereocenters. The molecule has 0 atom stereocenters. The summed E-state index contributed by atoms with van der Waals surface area (Å²) >= 11 is 0. The number of carbonyl (C=O) groups is 3. The van der Waals surface area contributed by atoms with Gasteiger partial charge in [0, 0.05) is 51.9 Å². The number of amides is 3. The molecule has 0 N–H and O–H groups in total. The lowest BCUT2D eigenvalue weighted by Crippen LogP contribution is -2.49. The number of fused-ring (bicyclic) bond motifs is 1. The molecule has 2 heterocycles. The van der Waals surface area contributed by atoms with Crippen LogP contribution in [-0.4, -0.2) is 92.1 Å². The quantitative estimate of drug-likeness (QED) is 0.597. The van der Waals surface area contributed by atoms with Gasteiger partial charge in [-0.15, -0.1) is 0 Å². The molecule has 3 amide bonds. The van der Waals surface area contributed by atoms with Gasteiger partial charge in [-0.3, -0.25) is 24.2 Å². The predicted molar refractivity (Wildman–Crippen MR) is 109 cm³/mol. The van der Waals surface area contributed by atoms with Crippen LogP contribution in [0.5, 0.6) is 0 Å². The maximum Gasteiger partial charge on any atom is 0.261 e. The SMILES string of the molecule is Cc1ccc2c(c1)C(=O)N(CCCC(=O)N1CCN(CCS(C)(=O)=O)CC1)C2=O. The molecule has 9 heteroatoms. The van der Waals surface area contributed by atoms with E-state index in [1.807, 2.05) is 17.9 Å². The summed E-state index contributed by atoms with van der Waals surface area (Å²) in [5.74, 6) is -0.460. The Balaban J connectivity index is 1.43. The Labute approximate surface area is 171 Å². The Bertz CT molecular complexity index is 920. The minimum atomic E-state index is -2.99. The minimum Gasteiger partial charge on any atom is -0.340 e. The summed E-state index contributed by atoms with van der Waals surface area (Å²) in [6.45, 7) is 5.02. The monoisotopic (exact) mass is 421 g/mol. The average molecular weight is 422 g/mol. The molecule has 3 rings (SSSR count). The molecule has 2 aliphatic rings. The second-order valence-electron chi connectivity index (χ2n) is 7.77. The minimum absolute atomic E-state index is 0.000201. The van der Waals surface area contributed by atoms with E-state index >= 15 is 0 Å². The van der Waals surface area contributed by atoms with Gasteiger partial charge in [-0.2, -0.15) is 0 Å². The summed E-state index contributed by atoms with van der Waals surface area (Å²) < 4.78 is 22.5. The molecule has 0 radical (unpaired) electrons. The van der Waals surface area contributed by atoms with Gasteiger partial charge in [0.05, 0.1) is 16.9 Å². The number of carbonyl (C=O) groups excluding carboxylic acids is 3. The Hall–Kier alpha value is -2.26. The van der Waals surface area contributed by atoms with Crippen LogP contribution in [0, 0.1) is 6.92 Å². The Kier molecular flexibility index (Phi) is 6.38. The maximum absolute atomic E-state index is 12.5. The largest absolute Gasteiger partial charge is 0.340 e. The lowest BCUT2D eigenvalue weighted by atomic mass is 10.1. The Morgan fingerprint density at radius 3 is 2.31 bits per heavy atom. The number of sulfone groups is 1. The summed E-state index contributed by atoms with van der Waals surface area (Å²) in [5, 5.41) is 0. The van der Waals surface area contributed by atoms with Crippen LogP contribution in [0.25, 0.3) is 0 Å². The van der Waals surface area contributed by atoms with Crippen LogP contribution in [0.1, 0.15) is 39.1 Å². The van der Waals surface area contributed by atoms with Gasteiger partial charge in [0.15, 0.2) is 0 Å². The summed E-state index contributed by atoms with van der Waals surface area (Å²) in [6, 6.07) is 5.22. The molecule has 29 heavy (non-hydrogen) atoms. The van der Waals surface area contributed by atoms with E-state index in [1.54, 1.807) is 17.0 Å². The van der Waals surface area contributed by atoms with Crippen LogP contribution in [-0.2, 0) is 14.6 Å². The topological polar surface area (TPSA) is 95.1 Å². The van der Waals surface area contributed by atoms with Crippen LogP contribution in [0.3, 0.4) is 0 Å². The molecule has 0 spiro atoms. The highest BCUT2D eigenvalue weighted by Crippen LogP contribution is 2.24. The first kappa shape index (κ1) is 21.4. The maximum atomic E-state index is 12.5. The van der Waals surface area contributed by atoms with Crippen molar-refractivity contribution < 1.29 is 22.8 Å². The van der Waals surface area contributed by atoms with E-state index in [9.17, 15) is 22.8 Å². The highest BCUT2D eigenvalue weighted by Gasteiger charge is 2.35. The van der Waals surface area contributed by atoms with Crippen molar-refractivity contribution in [3.63, 3.8) is 0 Å². The van der Waals surface area contributed by atoms with Crippen molar-refractivity contribution in [1.29, 1.82) is 0 Å². The number of piperazine rings is 1. The molecule has 0 aromatic heterocycles. The number of hydrogen-bond acceptors (Lipinski definition) is 6. The molecule has 0 aliphatic carbocycles. The number of benzene rings is 1. The number of imide groups is 1. The predicted octanol–water partition coefficient (Wildman–Crippen LogP) is 0.560. The number of rotatable bonds is 7. The van der Waals surface area contributed by atoms with E-state index in [1.165, 1.54) is 11.2 Å². The van der Waals surface area contributed by atoms with Crippen LogP contribution in [0.15, 0.2) is 18.2 Å². The third-order valence-electron chi connectivity index (χ3n) is 5.40. The normalized spacial score (nSPS) is 17.7. The summed E-state index contributed by atoms with van der Waals surface area (Å²) in [6.07, 6.45) is 1.93. The lowest BCUT2D eigenvalue weighted by Gasteiger charge is -2.34. The van der Waals surface area contributed by atoms with Crippen LogP contribution >= 0.6 is 0 Å². The lowest BCUT2D eigenvalue weighted by molar-refractivity contribution is -0.133. The highest BCUT2D eigenvalue weighted by atomic mass is 32.2. The van der Waals surface area contributed by atoms with Gasteiger partial charge in [-0.25, -0.2) is 8.42 Å².